The monoisotopic (exact) mass is 287 g/mol. The number of carboxylic acids is 1. The van der Waals surface area contributed by atoms with Gasteiger partial charge in [0.25, 0.3) is 0 Å². The van der Waals surface area contributed by atoms with Crippen molar-refractivity contribution in [3.63, 3.8) is 0 Å². The second-order valence-corrected chi connectivity index (χ2v) is 6.06. The first-order chi connectivity index (χ1) is 8.65. The maximum Gasteiger partial charge on any atom is 0.335 e. The van der Waals surface area contributed by atoms with Gasteiger partial charge in [-0.1, -0.05) is 0 Å². The predicted octanol–water partition coefficient (Wildman–Crippen LogP) is 0.646. The number of carbonyl (C=O) groups is 1. The van der Waals surface area contributed by atoms with E-state index < -0.39 is 16.2 Å². The van der Waals surface area contributed by atoms with Gasteiger partial charge in [-0.15, -0.1) is 0 Å². The van der Waals surface area contributed by atoms with Crippen molar-refractivity contribution in [3.8, 4) is 0 Å². The zero-order valence-electron chi connectivity index (χ0n) is 10.9. The first kappa shape index (κ1) is 15.3. The third kappa shape index (κ3) is 3.58. The quantitative estimate of drug-likeness (QED) is 0.688. The first-order valence-corrected chi connectivity index (χ1v) is 6.98. The molecule has 19 heavy (non-hydrogen) atoms. The molecule has 4 N–H and O–H groups in total. The molecule has 0 atom stereocenters. The summed E-state index contributed by atoms with van der Waals surface area (Å²) in [5.41, 5.74) is 5.99. The van der Waals surface area contributed by atoms with E-state index in [1.807, 2.05) is 0 Å². The summed E-state index contributed by atoms with van der Waals surface area (Å²) in [6, 6.07) is 3.62. The summed E-state index contributed by atoms with van der Waals surface area (Å²) in [5.74, 6) is -1.12. The Morgan fingerprint density at radius 1 is 1.42 bits per heavy atom. The Bertz CT molecular complexity index is 584. The second kappa shape index (κ2) is 5.45. The number of aromatic carboxylic acids is 1. The number of carboxylic acid groups (broad SMARTS) is 1. The third-order valence-corrected chi connectivity index (χ3v) is 4.05. The first-order valence-electron chi connectivity index (χ1n) is 5.54. The molecule has 0 saturated carbocycles. The van der Waals surface area contributed by atoms with Crippen LogP contribution in [0.2, 0.25) is 0 Å². The Kier molecular flexibility index (Phi) is 4.38. The molecule has 8 heteroatoms. The van der Waals surface area contributed by atoms with E-state index in [4.69, 9.17) is 10.8 Å². The number of nitrogens with one attached hydrogen (secondary N) is 1. The molecule has 0 fully saturated rings. The van der Waals surface area contributed by atoms with E-state index in [1.54, 1.807) is 13.8 Å². The van der Waals surface area contributed by atoms with Crippen LogP contribution in [-0.4, -0.2) is 32.6 Å². The van der Waals surface area contributed by atoms with Crippen molar-refractivity contribution in [1.29, 1.82) is 0 Å². The number of benzene rings is 1. The Morgan fingerprint density at radius 3 is 2.42 bits per heavy atom. The molecule has 1 aromatic carbocycles. The van der Waals surface area contributed by atoms with E-state index in [-0.39, 0.29) is 23.0 Å². The molecule has 0 radical (unpaired) electrons. The molecule has 0 spiro atoms. The zero-order chi connectivity index (χ0) is 14.8. The largest absolute Gasteiger partial charge is 0.478 e. The lowest BCUT2D eigenvalue weighted by molar-refractivity contribution is 0.0697. The van der Waals surface area contributed by atoms with E-state index in [2.05, 4.69) is 4.72 Å². The number of nitrogens with zero attached hydrogens (tertiary/aromatic N) is 1. The van der Waals surface area contributed by atoms with Crippen LogP contribution < -0.4 is 14.8 Å². The van der Waals surface area contributed by atoms with Crippen LogP contribution in [0.15, 0.2) is 18.2 Å². The molecule has 0 amide bonds. The summed E-state index contributed by atoms with van der Waals surface area (Å²) < 4.78 is 27.3. The standard InChI is InChI=1S/C11H17N3O4S/c1-7(2)13-19(17,18)14(3)10-5-4-8(11(15)16)6-9(10)12/h4-7,13H,12H2,1-3H3,(H,15,16). The molecule has 0 heterocycles. The number of nitrogen functional groups attached to an aromatic ring is 1. The minimum absolute atomic E-state index is 0.00358. The van der Waals surface area contributed by atoms with Crippen LogP contribution in [-0.2, 0) is 10.2 Å². The number of anilines is 2. The molecular weight excluding hydrogens is 270 g/mol. The molecule has 0 aliphatic carbocycles. The molecule has 0 saturated heterocycles. The van der Waals surface area contributed by atoms with Gasteiger partial charge in [-0.2, -0.15) is 13.1 Å². The number of rotatable bonds is 5. The van der Waals surface area contributed by atoms with Gasteiger partial charge in [-0.3, -0.25) is 4.31 Å². The summed E-state index contributed by atoms with van der Waals surface area (Å²) in [4.78, 5) is 10.8. The minimum Gasteiger partial charge on any atom is -0.478 e. The number of nitrogens with two attached hydrogens (primary N) is 1. The Hall–Kier alpha value is -1.80. The molecule has 0 bridgehead atoms. The van der Waals surface area contributed by atoms with Crippen molar-refractivity contribution in [3.05, 3.63) is 23.8 Å². The van der Waals surface area contributed by atoms with Gasteiger partial charge in [-0.25, -0.2) is 4.79 Å². The van der Waals surface area contributed by atoms with Gasteiger partial charge < -0.3 is 10.8 Å². The van der Waals surface area contributed by atoms with Gasteiger partial charge >= 0.3 is 16.2 Å². The maximum atomic E-state index is 12.0. The average Bonchev–Trinajstić information content (AvgIpc) is 2.26. The summed E-state index contributed by atoms with van der Waals surface area (Å²) in [5, 5.41) is 8.82. The van der Waals surface area contributed by atoms with E-state index >= 15 is 0 Å². The van der Waals surface area contributed by atoms with E-state index in [1.165, 1.54) is 25.2 Å². The van der Waals surface area contributed by atoms with E-state index in [0.717, 1.165) is 4.31 Å². The third-order valence-electron chi connectivity index (χ3n) is 2.36. The van der Waals surface area contributed by atoms with Gasteiger partial charge in [0.15, 0.2) is 0 Å². The van der Waals surface area contributed by atoms with Crippen LogP contribution in [0.4, 0.5) is 11.4 Å². The fourth-order valence-electron chi connectivity index (χ4n) is 1.48. The number of hydrogen-bond donors (Lipinski definition) is 3. The molecule has 1 aromatic rings. The lowest BCUT2D eigenvalue weighted by atomic mass is 10.2. The van der Waals surface area contributed by atoms with Gasteiger partial charge in [0.05, 0.1) is 16.9 Å². The van der Waals surface area contributed by atoms with Gasteiger partial charge in [-0.05, 0) is 32.0 Å². The molecular formula is C11H17N3O4S. The van der Waals surface area contributed by atoms with Crippen molar-refractivity contribution >= 4 is 27.6 Å². The topological polar surface area (TPSA) is 113 Å². The van der Waals surface area contributed by atoms with Crippen molar-refractivity contribution in [1.82, 2.24) is 4.72 Å². The van der Waals surface area contributed by atoms with Crippen LogP contribution in [0.5, 0.6) is 0 Å². The smallest absolute Gasteiger partial charge is 0.335 e. The fourth-order valence-corrected chi connectivity index (χ4v) is 2.66. The highest BCUT2D eigenvalue weighted by atomic mass is 32.2. The highest BCUT2D eigenvalue weighted by Gasteiger charge is 2.21. The molecule has 0 aliphatic heterocycles. The highest BCUT2D eigenvalue weighted by molar-refractivity contribution is 7.90. The summed E-state index contributed by atoms with van der Waals surface area (Å²) in [6.45, 7) is 3.39. The van der Waals surface area contributed by atoms with Crippen LogP contribution >= 0.6 is 0 Å². The summed E-state index contributed by atoms with van der Waals surface area (Å²) in [7, 11) is -2.37. The average molecular weight is 287 g/mol. The lowest BCUT2D eigenvalue weighted by Crippen LogP contribution is -2.41. The predicted molar refractivity (Wildman–Crippen MR) is 73.4 cm³/mol. The lowest BCUT2D eigenvalue weighted by Gasteiger charge is -2.22. The Labute approximate surface area is 112 Å². The van der Waals surface area contributed by atoms with E-state index in [9.17, 15) is 13.2 Å². The summed E-state index contributed by atoms with van der Waals surface area (Å²) in [6.07, 6.45) is 0. The van der Waals surface area contributed by atoms with Crippen molar-refractivity contribution in [2.24, 2.45) is 0 Å². The van der Waals surface area contributed by atoms with E-state index in [0.29, 0.717) is 0 Å². The van der Waals surface area contributed by atoms with Crippen LogP contribution in [0.25, 0.3) is 0 Å². The minimum atomic E-state index is -3.71. The van der Waals surface area contributed by atoms with Gasteiger partial charge in [0.1, 0.15) is 0 Å². The van der Waals surface area contributed by atoms with Gasteiger partial charge in [0.2, 0.25) is 0 Å². The molecule has 106 valence electrons. The van der Waals surface area contributed by atoms with Crippen LogP contribution in [0.3, 0.4) is 0 Å². The SMILES string of the molecule is CC(C)NS(=O)(=O)N(C)c1ccc(C(=O)O)cc1N. The molecule has 0 aliphatic rings. The zero-order valence-corrected chi connectivity index (χ0v) is 11.7. The van der Waals surface area contributed by atoms with Crippen molar-refractivity contribution in [2.75, 3.05) is 17.1 Å². The van der Waals surface area contributed by atoms with Crippen molar-refractivity contribution in [2.45, 2.75) is 19.9 Å². The number of hydrogen-bond acceptors (Lipinski definition) is 4. The maximum absolute atomic E-state index is 12.0. The molecule has 1 rings (SSSR count). The van der Waals surface area contributed by atoms with Crippen molar-refractivity contribution < 1.29 is 18.3 Å². The Balaban J connectivity index is 3.14. The fraction of sp³-hybridized carbons (Fsp3) is 0.364. The van der Waals surface area contributed by atoms with Gasteiger partial charge in [0, 0.05) is 13.1 Å². The Morgan fingerprint density at radius 2 is 2.00 bits per heavy atom. The molecule has 0 unspecified atom stereocenters. The molecule has 0 aromatic heterocycles. The van der Waals surface area contributed by atoms with Crippen LogP contribution in [0, 0.1) is 0 Å². The second-order valence-electron chi connectivity index (χ2n) is 4.32. The highest BCUT2D eigenvalue weighted by Crippen LogP contribution is 2.25. The summed E-state index contributed by atoms with van der Waals surface area (Å²) >= 11 is 0. The van der Waals surface area contributed by atoms with Crippen LogP contribution in [0.1, 0.15) is 24.2 Å². The normalized spacial score (nSPS) is 11.6. The molecule has 7 nitrogen and oxygen atoms in total.